The SMILES string of the molecule is Cc1cc(NCc2ccc(C(=O)O)nc2)n2ncnc2n1. The van der Waals surface area contributed by atoms with E-state index < -0.39 is 5.97 Å². The molecule has 0 aliphatic carbocycles. The third-order valence-corrected chi connectivity index (χ3v) is 2.90. The molecule has 21 heavy (non-hydrogen) atoms. The summed E-state index contributed by atoms with van der Waals surface area (Å²) in [5.74, 6) is 0.248. The van der Waals surface area contributed by atoms with E-state index in [-0.39, 0.29) is 5.69 Å². The van der Waals surface area contributed by atoms with Gasteiger partial charge in [-0.3, -0.25) is 0 Å². The van der Waals surface area contributed by atoms with Crippen LogP contribution in [0.2, 0.25) is 0 Å². The number of hydrogen-bond acceptors (Lipinski definition) is 6. The van der Waals surface area contributed by atoms with Gasteiger partial charge in [-0.1, -0.05) is 6.07 Å². The predicted octanol–water partition coefficient (Wildman–Crippen LogP) is 1.14. The number of anilines is 1. The Balaban J connectivity index is 1.80. The third-order valence-electron chi connectivity index (χ3n) is 2.90. The highest BCUT2D eigenvalue weighted by molar-refractivity contribution is 5.85. The summed E-state index contributed by atoms with van der Waals surface area (Å²) in [7, 11) is 0. The molecule has 8 heteroatoms. The minimum absolute atomic E-state index is 0.0252. The van der Waals surface area contributed by atoms with Crippen molar-refractivity contribution < 1.29 is 9.90 Å². The van der Waals surface area contributed by atoms with Crippen LogP contribution in [0, 0.1) is 6.92 Å². The van der Waals surface area contributed by atoms with Crippen molar-refractivity contribution in [1.29, 1.82) is 0 Å². The maximum absolute atomic E-state index is 10.7. The van der Waals surface area contributed by atoms with Gasteiger partial charge in [0.15, 0.2) is 0 Å². The second kappa shape index (κ2) is 5.16. The molecular weight excluding hydrogens is 272 g/mol. The minimum atomic E-state index is -1.04. The van der Waals surface area contributed by atoms with Crippen LogP contribution in [0.25, 0.3) is 5.78 Å². The molecule has 0 aliphatic heterocycles. The normalized spacial score (nSPS) is 10.7. The first-order valence-electron chi connectivity index (χ1n) is 6.23. The number of carboxylic acid groups (broad SMARTS) is 1. The molecule has 2 N–H and O–H groups in total. The van der Waals surface area contributed by atoms with E-state index in [1.165, 1.54) is 18.6 Å². The molecule has 0 fully saturated rings. The van der Waals surface area contributed by atoms with E-state index in [2.05, 4.69) is 25.4 Å². The zero-order chi connectivity index (χ0) is 14.8. The number of nitrogens with one attached hydrogen (secondary N) is 1. The number of aryl methyl sites for hydroxylation is 1. The Kier molecular flexibility index (Phi) is 3.19. The fourth-order valence-corrected chi connectivity index (χ4v) is 1.90. The van der Waals surface area contributed by atoms with Crippen LogP contribution in [0.4, 0.5) is 5.82 Å². The van der Waals surface area contributed by atoms with Crippen LogP contribution >= 0.6 is 0 Å². The van der Waals surface area contributed by atoms with E-state index in [1.54, 1.807) is 10.6 Å². The minimum Gasteiger partial charge on any atom is -0.477 e. The van der Waals surface area contributed by atoms with Gasteiger partial charge < -0.3 is 10.4 Å². The van der Waals surface area contributed by atoms with E-state index >= 15 is 0 Å². The molecule has 3 heterocycles. The number of rotatable bonds is 4. The van der Waals surface area contributed by atoms with Crippen molar-refractivity contribution in [1.82, 2.24) is 24.6 Å². The molecule has 3 aromatic heterocycles. The molecule has 0 saturated heterocycles. The van der Waals surface area contributed by atoms with Gasteiger partial charge in [0.05, 0.1) is 0 Å². The highest BCUT2D eigenvalue weighted by Crippen LogP contribution is 2.11. The summed E-state index contributed by atoms with van der Waals surface area (Å²) in [6.45, 7) is 2.37. The van der Waals surface area contributed by atoms with Crippen LogP contribution < -0.4 is 5.32 Å². The number of hydrogen-bond donors (Lipinski definition) is 2. The maximum Gasteiger partial charge on any atom is 0.354 e. The molecule has 0 saturated carbocycles. The maximum atomic E-state index is 10.7. The smallest absolute Gasteiger partial charge is 0.354 e. The monoisotopic (exact) mass is 284 g/mol. The second-order valence-electron chi connectivity index (χ2n) is 4.46. The zero-order valence-electron chi connectivity index (χ0n) is 11.2. The third kappa shape index (κ3) is 2.64. The number of pyridine rings is 1. The Morgan fingerprint density at radius 2 is 2.24 bits per heavy atom. The van der Waals surface area contributed by atoms with Crippen LogP contribution in [0.1, 0.15) is 21.7 Å². The Hall–Kier alpha value is -3.03. The molecule has 0 atom stereocenters. The highest BCUT2D eigenvalue weighted by atomic mass is 16.4. The Labute approximate surface area is 119 Å². The number of nitrogens with zero attached hydrogens (tertiary/aromatic N) is 5. The summed E-state index contributed by atoms with van der Waals surface area (Å²) in [6.07, 6.45) is 2.97. The van der Waals surface area contributed by atoms with E-state index in [4.69, 9.17) is 5.11 Å². The van der Waals surface area contributed by atoms with Crippen molar-refractivity contribution in [3.63, 3.8) is 0 Å². The van der Waals surface area contributed by atoms with E-state index in [9.17, 15) is 4.79 Å². The van der Waals surface area contributed by atoms with Gasteiger partial charge in [-0.2, -0.15) is 14.6 Å². The van der Waals surface area contributed by atoms with E-state index in [0.717, 1.165) is 17.1 Å². The first-order chi connectivity index (χ1) is 10.1. The quantitative estimate of drug-likeness (QED) is 0.740. The largest absolute Gasteiger partial charge is 0.477 e. The molecule has 3 rings (SSSR count). The molecule has 0 aromatic carbocycles. The second-order valence-corrected chi connectivity index (χ2v) is 4.46. The van der Waals surface area contributed by atoms with E-state index in [0.29, 0.717) is 12.3 Å². The number of aromatic nitrogens is 5. The van der Waals surface area contributed by atoms with Crippen molar-refractivity contribution in [2.75, 3.05) is 5.32 Å². The molecule has 0 spiro atoms. The number of aromatic carboxylic acids is 1. The lowest BCUT2D eigenvalue weighted by atomic mass is 10.2. The van der Waals surface area contributed by atoms with Gasteiger partial charge in [-0.25, -0.2) is 14.8 Å². The molecule has 0 bridgehead atoms. The molecule has 0 amide bonds. The lowest BCUT2D eigenvalue weighted by Gasteiger charge is -2.08. The van der Waals surface area contributed by atoms with Crippen molar-refractivity contribution in [2.24, 2.45) is 0 Å². The van der Waals surface area contributed by atoms with Crippen LogP contribution in [0.15, 0.2) is 30.7 Å². The van der Waals surface area contributed by atoms with Gasteiger partial charge >= 0.3 is 5.97 Å². The average molecular weight is 284 g/mol. The molecule has 8 nitrogen and oxygen atoms in total. The Morgan fingerprint density at radius 3 is 2.95 bits per heavy atom. The van der Waals surface area contributed by atoms with Crippen molar-refractivity contribution in [2.45, 2.75) is 13.5 Å². The first-order valence-corrected chi connectivity index (χ1v) is 6.23. The molecule has 0 aliphatic rings. The fraction of sp³-hybridized carbons (Fsp3) is 0.154. The standard InChI is InChI=1S/C13H12N6O2/c1-8-4-11(19-13(18-8)16-7-17-19)15-6-9-2-3-10(12(20)21)14-5-9/h2-5,7,15H,6H2,1H3,(H,20,21). The first kappa shape index (κ1) is 13.0. The molecule has 106 valence electrons. The number of carboxylic acids is 1. The zero-order valence-corrected chi connectivity index (χ0v) is 11.2. The summed E-state index contributed by atoms with van der Waals surface area (Å²) < 4.78 is 1.60. The molecular formula is C13H12N6O2. The van der Waals surface area contributed by atoms with Gasteiger partial charge in [-0.05, 0) is 18.6 Å². The van der Waals surface area contributed by atoms with Gasteiger partial charge in [0, 0.05) is 24.5 Å². The molecule has 0 radical (unpaired) electrons. The Bertz CT molecular complexity index is 796. The van der Waals surface area contributed by atoms with Crippen molar-refractivity contribution in [3.05, 3.63) is 47.7 Å². The van der Waals surface area contributed by atoms with Crippen molar-refractivity contribution in [3.8, 4) is 0 Å². The summed E-state index contributed by atoms with van der Waals surface area (Å²) in [4.78, 5) is 22.9. The van der Waals surface area contributed by atoms with E-state index in [1.807, 2.05) is 13.0 Å². The topological polar surface area (TPSA) is 105 Å². The lowest BCUT2D eigenvalue weighted by molar-refractivity contribution is 0.0690. The predicted molar refractivity (Wildman–Crippen MR) is 74.0 cm³/mol. The number of fused-ring (bicyclic) bond motifs is 1. The van der Waals surface area contributed by atoms with Gasteiger partial charge in [0.25, 0.3) is 5.78 Å². The van der Waals surface area contributed by atoms with Crippen LogP contribution in [-0.2, 0) is 6.54 Å². The lowest BCUT2D eigenvalue weighted by Crippen LogP contribution is -2.08. The summed E-state index contributed by atoms with van der Waals surface area (Å²) in [6, 6.07) is 5.05. The molecule has 0 unspecified atom stereocenters. The summed E-state index contributed by atoms with van der Waals surface area (Å²) in [5, 5.41) is 16.1. The van der Waals surface area contributed by atoms with Crippen LogP contribution in [-0.4, -0.2) is 35.6 Å². The Morgan fingerprint density at radius 1 is 1.38 bits per heavy atom. The summed E-state index contributed by atoms with van der Waals surface area (Å²) >= 11 is 0. The van der Waals surface area contributed by atoms with Crippen LogP contribution in [0.5, 0.6) is 0 Å². The summed E-state index contributed by atoms with van der Waals surface area (Å²) in [5.41, 5.74) is 1.72. The number of carbonyl (C=O) groups is 1. The highest BCUT2D eigenvalue weighted by Gasteiger charge is 2.06. The average Bonchev–Trinajstić information content (AvgIpc) is 2.93. The molecule has 3 aromatic rings. The van der Waals surface area contributed by atoms with Crippen molar-refractivity contribution >= 4 is 17.6 Å². The van der Waals surface area contributed by atoms with Gasteiger partial charge in [-0.15, -0.1) is 0 Å². The van der Waals surface area contributed by atoms with Gasteiger partial charge in [0.1, 0.15) is 17.8 Å². The fourth-order valence-electron chi connectivity index (χ4n) is 1.90. The van der Waals surface area contributed by atoms with Gasteiger partial charge in [0.2, 0.25) is 0 Å². The van der Waals surface area contributed by atoms with Crippen LogP contribution in [0.3, 0.4) is 0 Å².